The van der Waals surface area contributed by atoms with E-state index in [0.717, 1.165) is 25.0 Å². The van der Waals surface area contributed by atoms with Crippen molar-refractivity contribution in [3.8, 4) is 0 Å². The molecule has 1 aromatic carbocycles. The Morgan fingerprint density at radius 1 is 1.19 bits per heavy atom. The zero-order valence-electron chi connectivity index (χ0n) is 20.9. The summed E-state index contributed by atoms with van der Waals surface area (Å²) in [4.78, 5) is 55.0. The van der Waals surface area contributed by atoms with Crippen molar-refractivity contribution in [3.63, 3.8) is 0 Å². The number of rotatable bonds is 8. The van der Waals surface area contributed by atoms with Gasteiger partial charge in [0.25, 0.3) is 11.8 Å². The summed E-state index contributed by atoms with van der Waals surface area (Å²) in [6, 6.07) is 4.88. The van der Waals surface area contributed by atoms with Crippen LogP contribution in [0.1, 0.15) is 77.0 Å². The minimum atomic E-state index is -0.929. The molecule has 2 amide bonds. The Balaban J connectivity index is 1.67. The van der Waals surface area contributed by atoms with Crippen LogP contribution in [0.15, 0.2) is 46.7 Å². The Kier molecular flexibility index (Phi) is 8.17. The van der Waals surface area contributed by atoms with E-state index in [0.29, 0.717) is 23.6 Å². The van der Waals surface area contributed by atoms with E-state index in [4.69, 9.17) is 5.11 Å². The Morgan fingerprint density at radius 2 is 2.00 bits per heavy atom. The Bertz CT molecular complexity index is 1300. The number of benzene rings is 1. The van der Waals surface area contributed by atoms with Crippen molar-refractivity contribution in [2.75, 3.05) is 12.4 Å². The SMILES string of the molecule is CNC(=O)c1cc(CCC(=O)O)ccc1NC(=O)c1nc(C2CC2)cnc1N=C1C=N/C=C/CC(C)C1. The number of allylic oxidation sites excluding steroid dienone is 1. The number of carbonyl (C=O) groups is 3. The van der Waals surface area contributed by atoms with Crippen molar-refractivity contribution >= 4 is 41.2 Å². The second kappa shape index (κ2) is 11.7. The van der Waals surface area contributed by atoms with Crippen LogP contribution in [0.25, 0.3) is 0 Å². The predicted molar refractivity (Wildman–Crippen MR) is 141 cm³/mol. The van der Waals surface area contributed by atoms with Gasteiger partial charge in [-0.25, -0.2) is 15.0 Å². The molecule has 0 bridgehead atoms. The molecule has 37 heavy (non-hydrogen) atoms. The number of aliphatic imine (C=N–C) groups is 2. The van der Waals surface area contributed by atoms with E-state index in [-0.39, 0.29) is 41.5 Å². The Labute approximate surface area is 215 Å². The number of hydrogen-bond donors (Lipinski definition) is 3. The lowest BCUT2D eigenvalue weighted by molar-refractivity contribution is -0.136. The monoisotopic (exact) mass is 502 g/mol. The lowest BCUT2D eigenvalue weighted by Gasteiger charge is -2.14. The third-order valence-electron chi connectivity index (χ3n) is 6.17. The average Bonchev–Trinajstić information content (AvgIpc) is 3.71. The molecule has 1 aliphatic heterocycles. The average molecular weight is 503 g/mol. The summed E-state index contributed by atoms with van der Waals surface area (Å²) in [6.45, 7) is 2.12. The summed E-state index contributed by atoms with van der Waals surface area (Å²) in [5.74, 6) is -1.04. The number of aryl methyl sites for hydroxylation is 1. The molecule has 1 aromatic heterocycles. The van der Waals surface area contributed by atoms with Crippen LogP contribution in [-0.2, 0) is 11.2 Å². The highest BCUT2D eigenvalue weighted by Crippen LogP contribution is 2.39. The maximum atomic E-state index is 13.5. The summed E-state index contributed by atoms with van der Waals surface area (Å²) in [7, 11) is 1.49. The topological polar surface area (TPSA) is 146 Å². The molecule has 2 heterocycles. The second-order valence-corrected chi connectivity index (χ2v) is 9.36. The number of carbonyl (C=O) groups excluding carboxylic acids is 2. The van der Waals surface area contributed by atoms with Crippen molar-refractivity contribution in [1.29, 1.82) is 0 Å². The minimum absolute atomic E-state index is 0.0656. The van der Waals surface area contributed by atoms with Gasteiger partial charge in [0.05, 0.1) is 28.9 Å². The molecule has 2 aliphatic rings. The number of nitrogens with zero attached hydrogens (tertiary/aromatic N) is 4. The van der Waals surface area contributed by atoms with Crippen LogP contribution in [0.2, 0.25) is 0 Å². The van der Waals surface area contributed by atoms with Crippen LogP contribution in [-0.4, -0.2) is 51.8 Å². The van der Waals surface area contributed by atoms with Gasteiger partial charge in [0.1, 0.15) is 0 Å². The number of hydrogen-bond acceptors (Lipinski definition) is 7. The van der Waals surface area contributed by atoms with Crippen molar-refractivity contribution in [3.05, 3.63) is 59.2 Å². The van der Waals surface area contributed by atoms with Gasteiger partial charge in [-0.05, 0) is 55.7 Å². The third-order valence-corrected chi connectivity index (χ3v) is 6.17. The summed E-state index contributed by atoms with van der Waals surface area (Å²) in [5, 5.41) is 14.3. The summed E-state index contributed by atoms with van der Waals surface area (Å²) >= 11 is 0. The number of carboxylic acids is 1. The number of aromatic nitrogens is 2. The van der Waals surface area contributed by atoms with Crippen LogP contribution in [0.3, 0.4) is 0 Å². The second-order valence-electron chi connectivity index (χ2n) is 9.36. The number of amides is 2. The van der Waals surface area contributed by atoms with E-state index in [1.165, 1.54) is 7.05 Å². The summed E-state index contributed by atoms with van der Waals surface area (Å²) in [6.07, 6.45) is 10.8. The quantitative estimate of drug-likeness (QED) is 0.496. The first-order valence-electron chi connectivity index (χ1n) is 12.3. The van der Waals surface area contributed by atoms with Crippen LogP contribution >= 0.6 is 0 Å². The van der Waals surface area contributed by atoms with Crippen molar-refractivity contribution < 1.29 is 19.5 Å². The van der Waals surface area contributed by atoms with E-state index < -0.39 is 17.8 Å². The summed E-state index contributed by atoms with van der Waals surface area (Å²) in [5.41, 5.74) is 2.71. The lowest BCUT2D eigenvalue weighted by Crippen LogP contribution is -2.22. The number of anilines is 1. The first kappa shape index (κ1) is 25.9. The lowest BCUT2D eigenvalue weighted by atomic mass is 10.0. The third kappa shape index (κ3) is 6.93. The first-order valence-corrected chi connectivity index (χ1v) is 12.3. The predicted octanol–water partition coefficient (Wildman–Crippen LogP) is 4.07. The van der Waals surface area contributed by atoms with Gasteiger partial charge in [-0.3, -0.25) is 19.4 Å². The maximum absolute atomic E-state index is 13.5. The van der Waals surface area contributed by atoms with Crippen LogP contribution in [0.4, 0.5) is 11.5 Å². The fourth-order valence-electron chi connectivity index (χ4n) is 4.00. The van der Waals surface area contributed by atoms with Crippen molar-refractivity contribution in [2.45, 2.75) is 51.4 Å². The zero-order chi connectivity index (χ0) is 26.4. The molecule has 4 rings (SSSR count). The van der Waals surface area contributed by atoms with Gasteiger partial charge in [0.15, 0.2) is 11.5 Å². The molecule has 2 aromatic rings. The molecule has 1 fully saturated rings. The van der Waals surface area contributed by atoms with Gasteiger partial charge in [-0.2, -0.15) is 0 Å². The minimum Gasteiger partial charge on any atom is -0.481 e. The van der Waals surface area contributed by atoms with Crippen molar-refractivity contribution in [2.24, 2.45) is 15.9 Å². The molecule has 1 aliphatic carbocycles. The van der Waals surface area contributed by atoms with Gasteiger partial charge in [0.2, 0.25) is 0 Å². The fraction of sp³-hybridized carbons (Fsp3) is 0.370. The van der Waals surface area contributed by atoms with E-state index in [2.05, 4.69) is 37.5 Å². The molecular formula is C27H30N6O4. The highest BCUT2D eigenvalue weighted by molar-refractivity contribution is 6.31. The van der Waals surface area contributed by atoms with Gasteiger partial charge in [0, 0.05) is 31.8 Å². The zero-order valence-corrected chi connectivity index (χ0v) is 20.9. The number of nitrogens with one attached hydrogen (secondary N) is 2. The largest absolute Gasteiger partial charge is 0.481 e. The highest BCUT2D eigenvalue weighted by Gasteiger charge is 2.28. The van der Waals surface area contributed by atoms with E-state index in [1.54, 1.807) is 36.8 Å². The van der Waals surface area contributed by atoms with Gasteiger partial charge in [-0.15, -0.1) is 0 Å². The smallest absolute Gasteiger partial charge is 0.303 e. The molecule has 1 atom stereocenters. The van der Waals surface area contributed by atoms with E-state index >= 15 is 0 Å². The van der Waals surface area contributed by atoms with E-state index in [9.17, 15) is 14.4 Å². The molecule has 0 radical (unpaired) electrons. The molecule has 10 nitrogen and oxygen atoms in total. The van der Waals surface area contributed by atoms with Gasteiger partial charge >= 0.3 is 5.97 Å². The number of aliphatic carboxylic acids is 1. The molecule has 0 spiro atoms. The summed E-state index contributed by atoms with van der Waals surface area (Å²) < 4.78 is 0. The normalized spacial score (nSPS) is 19.1. The molecular weight excluding hydrogens is 472 g/mol. The molecule has 0 saturated heterocycles. The van der Waals surface area contributed by atoms with Gasteiger partial charge < -0.3 is 15.7 Å². The highest BCUT2D eigenvalue weighted by atomic mass is 16.4. The Morgan fingerprint density at radius 3 is 2.73 bits per heavy atom. The van der Waals surface area contributed by atoms with Crippen molar-refractivity contribution in [1.82, 2.24) is 15.3 Å². The van der Waals surface area contributed by atoms with E-state index in [1.807, 2.05) is 6.08 Å². The van der Waals surface area contributed by atoms with Crippen LogP contribution in [0, 0.1) is 5.92 Å². The van der Waals surface area contributed by atoms with Crippen LogP contribution < -0.4 is 10.6 Å². The molecule has 1 unspecified atom stereocenters. The molecule has 1 saturated carbocycles. The first-order chi connectivity index (χ1) is 17.8. The molecule has 192 valence electrons. The Hall–Kier alpha value is -4.21. The fourth-order valence-corrected chi connectivity index (χ4v) is 4.00. The van der Waals surface area contributed by atoms with Crippen LogP contribution in [0.5, 0.6) is 0 Å². The molecule has 10 heteroatoms. The number of carboxylic acid groups (broad SMARTS) is 1. The standard InChI is InChI=1S/C27H30N6O4/c1-16-4-3-11-29-14-19(12-16)31-25-24(32-22(15-30-25)18-7-8-18)27(37)33-21-9-5-17(6-10-23(34)35)13-20(21)26(36)28-2/h3,5,9,11,13-16,18H,4,6-8,10,12H2,1-2H3,(H,28,36)(H,33,37)(H,34,35)/b11-3+,29-14?,31-19?. The maximum Gasteiger partial charge on any atom is 0.303 e. The molecule has 3 N–H and O–H groups in total. The van der Waals surface area contributed by atoms with Gasteiger partial charge in [-0.1, -0.05) is 19.1 Å².